The van der Waals surface area contributed by atoms with Gasteiger partial charge in [-0.05, 0) is 44.5 Å². The van der Waals surface area contributed by atoms with Crippen LogP contribution in [0.5, 0.6) is 0 Å². The monoisotopic (exact) mass is 222 g/mol. The average Bonchev–Trinajstić information content (AvgIpc) is 2.20. The summed E-state index contributed by atoms with van der Waals surface area (Å²) in [6.45, 7) is 5.92. The van der Waals surface area contributed by atoms with Gasteiger partial charge in [0.1, 0.15) is 5.82 Å². The van der Waals surface area contributed by atoms with Gasteiger partial charge in [-0.15, -0.1) is 0 Å². The van der Waals surface area contributed by atoms with E-state index in [1.807, 2.05) is 13.0 Å². The van der Waals surface area contributed by atoms with Crippen LogP contribution in [-0.2, 0) is 0 Å². The van der Waals surface area contributed by atoms with E-state index in [4.69, 9.17) is 0 Å². The zero-order valence-electron chi connectivity index (χ0n) is 9.80. The van der Waals surface area contributed by atoms with Gasteiger partial charge in [-0.3, -0.25) is 0 Å². The SMILES string of the molecule is Cc1cccc(F)c1N1CCCNCCC1. The lowest BCUT2D eigenvalue weighted by Gasteiger charge is -2.28. The minimum Gasteiger partial charge on any atom is -0.369 e. The van der Waals surface area contributed by atoms with Crippen LogP contribution in [0.3, 0.4) is 0 Å². The van der Waals surface area contributed by atoms with Gasteiger partial charge in [0, 0.05) is 13.1 Å². The molecule has 88 valence electrons. The van der Waals surface area contributed by atoms with E-state index in [-0.39, 0.29) is 5.82 Å². The first kappa shape index (κ1) is 11.4. The number of halogens is 1. The molecule has 0 saturated carbocycles. The maximum atomic E-state index is 13.8. The Morgan fingerprint density at radius 3 is 2.50 bits per heavy atom. The van der Waals surface area contributed by atoms with Crippen molar-refractivity contribution < 1.29 is 4.39 Å². The van der Waals surface area contributed by atoms with Crippen LogP contribution in [0.1, 0.15) is 18.4 Å². The molecule has 1 aromatic carbocycles. The molecule has 2 rings (SSSR count). The molecule has 3 heteroatoms. The van der Waals surface area contributed by atoms with E-state index in [0.29, 0.717) is 0 Å². The van der Waals surface area contributed by atoms with E-state index in [1.54, 1.807) is 12.1 Å². The van der Waals surface area contributed by atoms with E-state index in [2.05, 4.69) is 10.2 Å². The smallest absolute Gasteiger partial charge is 0.146 e. The van der Waals surface area contributed by atoms with Gasteiger partial charge in [-0.2, -0.15) is 0 Å². The molecule has 16 heavy (non-hydrogen) atoms. The summed E-state index contributed by atoms with van der Waals surface area (Å²) in [5.74, 6) is -0.0893. The highest BCUT2D eigenvalue weighted by atomic mass is 19.1. The average molecular weight is 222 g/mol. The van der Waals surface area contributed by atoms with Gasteiger partial charge in [0.2, 0.25) is 0 Å². The molecule has 2 nitrogen and oxygen atoms in total. The molecule has 0 amide bonds. The number of para-hydroxylation sites is 1. The molecule has 1 aliphatic heterocycles. The van der Waals surface area contributed by atoms with Crippen LogP contribution >= 0.6 is 0 Å². The topological polar surface area (TPSA) is 15.3 Å². The van der Waals surface area contributed by atoms with Gasteiger partial charge >= 0.3 is 0 Å². The van der Waals surface area contributed by atoms with Crippen molar-refractivity contribution in [3.05, 3.63) is 29.6 Å². The second-order valence-electron chi connectivity index (χ2n) is 4.35. The fourth-order valence-corrected chi connectivity index (χ4v) is 2.27. The number of hydrogen-bond donors (Lipinski definition) is 1. The third-order valence-electron chi connectivity index (χ3n) is 3.07. The molecule has 0 unspecified atom stereocenters. The molecule has 0 atom stereocenters. The minimum absolute atomic E-state index is 0.0893. The fraction of sp³-hybridized carbons (Fsp3) is 0.538. The zero-order valence-corrected chi connectivity index (χ0v) is 9.80. The summed E-state index contributed by atoms with van der Waals surface area (Å²) < 4.78 is 13.8. The first-order valence-corrected chi connectivity index (χ1v) is 6.00. The summed E-state index contributed by atoms with van der Waals surface area (Å²) in [6, 6.07) is 5.31. The van der Waals surface area contributed by atoms with Crippen molar-refractivity contribution in [1.82, 2.24) is 5.32 Å². The number of rotatable bonds is 1. The Morgan fingerprint density at radius 1 is 1.19 bits per heavy atom. The molecule has 0 spiro atoms. The zero-order chi connectivity index (χ0) is 11.4. The van der Waals surface area contributed by atoms with Gasteiger partial charge in [-0.1, -0.05) is 12.1 Å². The molecule has 1 N–H and O–H groups in total. The molecular formula is C13H19FN2. The number of nitrogens with zero attached hydrogens (tertiary/aromatic N) is 1. The fourth-order valence-electron chi connectivity index (χ4n) is 2.27. The van der Waals surface area contributed by atoms with Crippen molar-refractivity contribution >= 4 is 5.69 Å². The summed E-state index contributed by atoms with van der Waals surface area (Å²) in [4.78, 5) is 2.19. The Kier molecular flexibility index (Phi) is 3.78. The molecule has 0 bridgehead atoms. The van der Waals surface area contributed by atoms with E-state index in [1.165, 1.54) is 0 Å². The molecule has 0 aliphatic carbocycles. The largest absolute Gasteiger partial charge is 0.369 e. The first-order chi connectivity index (χ1) is 7.79. The van der Waals surface area contributed by atoms with E-state index in [9.17, 15) is 4.39 Å². The van der Waals surface area contributed by atoms with E-state index < -0.39 is 0 Å². The van der Waals surface area contributed by atoms with Gasteiger partial charge in [0.15, 0.2) is 0 Å². The summed E-state index contributed by atoms with van der Waals surface area (Å²) in [6.07, 6.45) is 2.15. The Balaban J connectivity index is 2.20. The third-order valence-corrected chi connectivity index (χ3v) is 3.07. The Bertz CT molecular complexity index is 324. The molecular weight excluding hydrogens is 203 g/mol. The number of benzene rings is 1. The van der Waals surface area contributed by atoms with Gasteiger partial charge in [0.25, 0.3) is 0 Å². The summed E-state index contributed by atoms with van der Waals surface area (Å²) >= 11 is 0. The lowest BCUT2D eigenvalue weighted by Crippen LogP contribution is -2.34. The maximum Gasteiger partial charge on any atom is 0.146 e. The van der Waals surface area contributed by atoms with E-state index in [0.717, 1.165) is 50.3 Å². The van der Waals surface area contributed by atoms with Crippen molar-refractivity contribution in [3.63, 3.8) is 0 Å². The Morgan fingerprint density at radius 2 is 1.88 bits per heavy atom. The first-order valence-electron chi connectivity index (χ1n) is 6.00. The summed E-state index contributed by atoms with van der Waals surface area (Å²) in [5, 5.41) is 3.37. The standard InChI is InChI=1S/C13H19FN2/c1-11-5-2-6-12(14)13(11)16-9-3-7-15-8-4-10-16/h2,5-6,15H,3-4,7-10H2,1H3. The molecule has 1 fully saturated rings. The molecule has 1 aliphatic rings. The van der Waals surface area contributed by atoms with Crippen LogP contribution in [0.25, 0.3) is 0 Å². The van der Waals surface area contributed by atoms with Crippen molar-refractivity contribution in [3.8, 4) is 0 Å². The van der Waals surface area contributed by atoms with Gasteiger partial charge in [0.05, 0.1) is 5.69 Å². The van der Waals surface area contributed by atoms with Crippen LogP contribution in [0.15, 0.2) is 18.2 Å². The quantitative estimate of drug-likeness (QED) is 0.784. The molecule has 0 aromatic heterocycles. The molecule has 0 radical (unpaired) electrons. The number of nitrogens with one attached hydrogen (secondary N) is 1. The third kappa shape index (κ3) is 2.53. The maximum absolute atomic E-state index is 13.8. The van der Waals surface area contributed by atoms with Crippen LogP contribution in [0, 0.1) is 12.7 Å². The van der Waals surface area contributed by atoms with Crippen LogP contribution < -0.4 is 10.2 Å². The lowest BCUT2D eigenvalue weighted by atomic mass is 10.1. The highest BCUT2D eigenvalue weighted by molar-refractivity contribution is 5.54. The summed E-state index contributed by atoms with van der Waals surface area (Å²) in [5.41, 5.74) is 1.83. The van der Waals surface area contributed by atoms with Gasteiger partial charge < -0.3 is 10.2 Å². The van der Waals surface area contributed by atoms with E-state index >= 15 is 0 Å². The van der Waals surface area contributed by atoms with Crippen LogP contribution in [0.2, 0.25) is 0 Å². The predicted octanol–water partition coefficient (Wildman–Crippen LogP) is 2.32. The van der Waals surface area contributed by atoms with Crippen molar-refractivity contribution in [1.29, 1.82) is 0 Å². The normalized spacial score (nSPS) is 18.0. The van der Waals surface area contributed by atoms with Crippen molar-refractivity contribution in [2.24, 2.45) is 0 Å². The summed E-state index contributed by atoms with van der Waals surface area (Å²) in [7, 11) is 0. The second-order valence-corrected chi connectivity index (χ2v) is 4.35. The Hall–Kier alpha value is -1.09. The number of hydrogen-bond acceptors (Lipinski definition) is 2. The van der Waals surface area contributed by atoms with Crippen molar-refractivity contribution in [2.45, 2.75) is 19.8 Å². The van der Waals surface area contributed by atoms with Crippen LogP contribution in [-0.4, -0.2) is 26.2 Å². The number of anilines is 1. The second kappa shape index (κ2) is 5.30. The minimum atomic E-state index is -0.0893. The van der Waals surface area contributed by atoms with Crippen LogP contribution in [0.4, 0.5) is 10.1 Å². The number of aryl methyl sites for hydroxylation is 1. The van der Waals surface area contributed by atoms with Crippen molar-refractivity contribution in [2.75, 3.05) is 31.1 Å². The highest BCUT2D eigenvalue weighted by Crippen LogP contribution is 2.24. The molecule has 1 heterocycles. The Labute approximate surface area is 96.5 Å². The molecule has 1 saturated heterocycles. The lowest BCUT2D eigenvalue weighted by molar-refractivity contribution is 0.553. The molecule has 1 aromatic rings. The highest BCUT2D eigenvalue weighted by Gasteiger charge is 2.14. The van der Waals surface area contributed by atoms with Gasteiger partial charge in [-0.25, -0.2) is 4.39 Å². The predicted molar refractivity (Wildman–Crippen MR) is 65.5 cm³/mol.